The van der Waals surface area contributed by atoms with Crippen molar-refractivity contribution in [2.75, 3.05) is 0 Å². The van der Waals surface area contributed by atoms with Gasteiger partial charge < -0.3 is 0 Å². The second-order valence-corrected chi connectivity index (χ2v) is 8.28. The van der Waals surface area contributed by atoms with E-state index in [1.54, 1.807) is 25.5 Å². The summed E-state index contributed by atoms with van der Waals surface area (Å²) >= 11 is 0. The zero-order valence-electron chi connectivity index (χ0n) is 9.57. The number of rotatable bonds is 2. The van der Waals surface area contributed by atoms with Gasteiger partial charge in [0.25, 0.3) is 8.07 Å². The first-order chi connectivity index (χ1) is 8.03. The van der Waals surface area contributed by atoms with E-state index in [9.17, 15) is 9.59 Å². The Morgan fingerprint density at radius 2 is 1.35 bits per heavy atom. The molecule has 0 aliphatic rings. The van der Waals surface area contributed by atoms with Gasteiger partial charge in [0, 0.05) is 24.8 Å². The van der Waals surface area contributed by atoms with Crippen LogP contribution >= 0.6 is 0 Å². The third kappa shape index (κ3) is 1.96. The molecule has 0 aromatic carbocycles. The molecule has 0 atom stereocenters. The van der Waals surface area contributed by atoms with Gasteiger partial charge in [0.05, 0.1) is 0 Å². The summed E-state index contributed by atoms with van der Waals surface area (Å²) < 4.78 is 2.72. The molecule has 0 radical (unpaired) electrons. The minimum atomic E-state index is -2.75. The second-order valence-electron chi connectivity index (χ2n) is 4.18. The van der Waals surface area contributed by atoms with Crippen molar-refractivity contribution in [2.24, 2.45) is 0 Å². The van der Waals surface area contributed by atoms with Gasteiger partial charge in [-0.2, -0.15) is 0 Å². The average Bonchev–Trinajstić information content (AvgIpc) is 2.99. The first-order valence-corrected chi connectivity index (χ1v) is 8.09. The maximum atomic E-state index is 12.2. The molecule has 6 nitrogen and oxygen atoms in total. The molecule has 0 saturated carbocycles. The third-order valence-electron chi connectivity index (χ3n) is 2.55. The third-order valence-corrected chi connectivity index (χ3v) is 5.20. The Kier molecular flexibility index (Phi) is 2.76. The molecule has 0 bridgehead atoms. The van der Waals surface area contributed by atoms with Crippen molar-refractivity contribution >= 4 is 19.1 Å². The van der Waals surface area contributed by atoms with E-state index in [0.717, 1.165) is 0 Å². The standard InChI is InChI=1S/C10H12N4O2Si/c1-17(2,9(15)13-5-3-11-7-13)10(16)14-6-4-12-8-14/h3-8H,1-2H3. The number of carbonyl (C=O) groups excluding carboxylic acids is 2. The van der Waals surface area contributed by atoms with Crippen LogP contribution in [0.2, 0.25) is 13.1 Å². The first kappa shape index (κ1) is 11.5. The summed E-state index contributed by atoms with van der Waals surface area (Å²) in [6, 6.07) is 0. The van der Waals surface area contributed by atoms with Crippen molar-refractivity contribution < 1.29 is 9.59 Å². The van der Waals surface area contributed by atoms with Gasteiger partial charge in [-0.25, -0.2) is 9.97 Å². The van der Waals surface area contributed by atoms with Crippen molar-refractivity contribution in [3.05, 3.63) is 37.4 Å². The number of hydrogen-bond acceptors (Lipinski definition) is 4. The van der Waals surface area contributed by atoms with Crippen molar-refractivity contribution in [3.8, 4) is 0 Å². The van der Waals surface area contributed by atoms with Gasteiger partial charge in [-0.05, 0) is 0 Å². The van der Waals surface area contributed by atoms with Gasteiger partial charge in [0.1, 0.15) is 12.7 Å². The Morgan fingerprint density at radius 3 is 1.65 bits per heavy atom. The molecule has 0 saturated heterocycles. The summed E-state index contributed by atoms with van der Waals surface area (Å²) in [7, 11) is -2.75. The molecule has 2 aromatic rings. The van der Waals surface area contributed by atoms with Crippen LogP contribution in [0, 0.1) is 0 Å². The maximum absolute atomic E-state index is 12.2. The highest BCUT2D eigenvalue weighted by molar-refractivity contribution is 7.23. The molecule has 0 aliphatic carbocycles. The fourth-order valence-corrected chi connectivity index (χ4v) is 3.23. The topological polar surface area (TPSA) is 69.8 Å². The predicted octanol–water partition coefficient (Wildman–Crippen LogP) is 1.59. The normalized spacial score (nSPS) is 11.4. The largest absolute Gasteiger partial charge is 0.280 e. The lowest BCUT2D eigenvalue weighted by Crippen LogP contribution is -2.50. The summed E-state index contributed by atoms with van der Waals surface area (Å²) in [4.78, 5) is 32.0. The maximum Gasteiger partial charge on any atom is 0.258 e. The molecule has 2 rings (SSSR count). The Morgan fingerprint density at radius 1 is 0.941 bits per heavy atom. The lowest BCUT2D eigenvalue weighted by atomic mass is 10.9. The summed E-state index contributed by atoms with van der Waals surface area (Å²) in [5.74, 6) is 0. The Bertz CT molecular complexity index is 482. The summed E-state index contributed by atoms with van der Waals surface area (Å²) in [6.45, 7) is 3.44. The number of imidazole rings is 2. The second kappa shape index (κ2) is 4.09. The van der Waals surface area contributed by atoms with E-state index in [1.807, 2.05) is 0 Å². The van der Waals surface area contributed by atoms with E-state index < -0.39 is 8.07 Å². The molecular weight excluding hydrogens is 236 g/mol. The van der Waals surface area contributed by atoms with Gasteiger partial charge in [0.15, 0.2) is 0 Å². The van der Waals surface area contributed by atoms with Crippen LogP contribution in [0.15, 0.2) is 37.4 Å². The molecule has 7 heteroatoms. The van der Waals surface area contributed by atoms with E-state index in [4.69, 9.17) is 0 Å². The molecule has 0 N–H and O–H groups in total. The van der Waals surface area contributed by atoms with Crippen LogP contribution in [0.3, 0.4) is 0 Å². The quantitative estimate of drug-likeness (QED) is 0.757. The molecule has 17 heavy (non-hydrogen) atoms. The number of aromatic nitrogens is 4. The fourth-order valence-electron chi connectivity index (χ4n) is 1.50. The zero-order chi connectivity index (χ0) is 12.5. The van der Waals surface area contributed by atoms with Crippen molar-refractivity contribution in [3.63, 3.8) is 0 Å². The molecule has 0 amide bonds. The smallest absolute Gasteiger partial charge is 0.258 e. The van der Waals surface area contributed by atoms with Gasteiger partial charge in [0.2, 0.25) is 11.1 Å². The Labute approximate surface area is 98.9 Å². The molecular formula is C10H12N4O2Si. The van der Waals surface area contributed by atoms with Gasteiger partial charge in [-0.1, -0.05) is 13.1 Å². The van der Waals surface area contributed by atoms with Crippen LogP contribution in [-0.4, -0.2) is 38.2 Å². The van der Waals surface area contributed by atoms with Crippen LogP contribution < -0.4 is 0 Å². The van der Waals surface area contributed by atoms with E-state index in [-0.39, 0.29) is 11.1 Å². The number of carbonyl (C=O) groups is 2. The SMILES string of the molecule is C[Si](C)(C(=O)n1ccnc1)C(=O)n1ccnc1. The van der Waals surface area contributed by atoms with E-state index in [0.29, 0.717) is 0 Å². The molecule has 0 aliphatic heterocycles. The van der Waals surface area contributed by atoms with E-state index in [2.05, 4.69) is 9.97 Å². The fraction of sp³-hybridized carbons (Fsp3) is 0.200. The molecule has 0 fully saturated rings. The van der Waals surface area contributed by atoms with Crippen molar-refractivity contribution in [1.29, 1.82) is 0 Å². The number of nitrogens with zero attached hydrogens (tertiary/aromatic N) is 4. The highest BCUT2D eigenvalue weighted by Crippen LogP contribution is 2.11. The van der Waals surface area contributed by atoms with Crippen molar-refractivity contribution in [1.82, 2.24) is 19.1 Å². The summed E-state index contributed by atoms with van der Waals surface area (Å²) in [6.07, 6.45) is 8.97. The Hall–Kier alpha value is -2.02. The van der Waals surface area contributed by atoms with E-state index >= 15 is 0 Å². The van der Waals surface area contributed by atoms with Crippen LogP contribution in [0.1, 0.15) is 0 Å². The first-order valence-electron chi connectivity index (χ1n) is 5.09. The molecule has 0 spiro atoms. The van der Waals surface area contributed by atoms with Crippen LogP contribution in [0.25, 0.3) is 0 Å². The van der Waals surface area contributed by atoms with E-state index in [1.165, 1.54) is 34.2 Å². The molecule has 2 heterocycles. The van der Waals surface area contributed by atoms with Crippen molar-refractivity contribution in [2.45, 2.75) is 13.1 Å². The molecule has 0 unspecified atom stereocenters. The monoisotopic (exact) mass is 248 g/mol. The molecule has 2 aromatic heterocycles. The van der Waals surface area contributed by atoms with Gasteiger partial charge in [-0.15, -0.1) is 0 Å². The average molecular weight is 248 g/mol. The highest BCUT2D eigenvalue weighted by atomic mass is 28.3. The lowest BCUT2D eigenvalue weighted by molar-refractivity contribution is 0.253. The van der Waals surface area contributed by atoms with Crippen LogP contribution in [0.5, 0.6) is 0 Å². The summed E-state index contributed by atoms with van der Waals surface area (Å²) in [5, 5.41) is 0. The predicted molar refractivity (Wildman–Crippen MR) is 63.5 cm³/mol. The van der Waals surface area contributed by atoms with Gasteiger partial charge in [-0.3, -0.25) is 18.7 Å². The van der Waals surface area contributed by atoms with Crippen LogP contribution in [0.4, 0.5) is 9.59 Å². The van der Waals surface area contributed by atoms with Gasteiger partial charge >= 0.3 is 0 Å². The zero-order valence-corrected chi connectivity index (χ0v) is 10.6. The van der Waals surface area contributed by atoms with Crippen LogP contribution in [-0.2, 0) is 0 Å². The minimum absolute atomic E-state index is 0.186. The minimum Gasteiger partial charge on any atom is -0.280 e. The lowest BCUT2D eigenvalue weighted by Gasteiger charge is -2.18. The number of hydrogen-bond donors (Lipinski definition) is 0. The Balaban J connectivity index is 2.30. The summed E-state index contributed by atoms with van der Waals surface area (Å²) in [5.41, 5.74) is -0.373. The highest BCUT2D eigenvalue weighted by Gasteiger charge is 2.41. The molecule has 88 valence electrons.